The Hall–Kier alpha value is -2.13. The predicted molar refractivity (Wildman–Crippen MR) is 112 cm³/mol. The van der Waals surface area contributed by atoms with E-state index in [2.05, 4.69) is 61.9 Å². The number of ether oxygens (including phenoxy) is 1. The van der Waals surface area contributed by atoms with Crippen LogP contribution in [0.1, 0.15) is 16.7 Å². The van der Waals surface area contributed by atoms with Crippen molar-refractivity contribution in [2.24, 2.45) is 0 Å². The van der Waals surface area contributed by atoms with Crippen molar-refractivity contribution in [1.29, 1.82) is 5.26 Å². The molecule has 0 atom stereocenters. The normalized spacial score (nSPS) is 14.7. The lowest BCUT2D eigenvalue weighted by Gasteiger charge is -2.12. The lowest BCUT2D eigenvalue weighted by Crippen LogP contribution is -2.22. The van der Waals surface area contributed by atoms with Crippen molar-refractivity contribution in [3.8, 4) is 11.8 Å². The Morgan fingerprint density at radius 1 is 1.12 bits per heavy atom. The Balaban J connectivity index is 1.82. The molecule has 0 bridgehead atoms. The van der Waals surface area contributed by atoms with Gasteiger partial charge < -0.3 is 10.1 Å². The average Bonchev–Trinajstić information content (AvgIpc) is 2.91. The van der Waals surface area contributed by atoms with Gasteiger partial charge in [0.1, 0.15) is 18.1 Å². The van der Waals surface area contributed by atoms with Crippen LogP contribution in [0.5, 0.6) is 5.75 Å². The molecule has 3 amide bonds. The summed E-state index contributed by atoms with van der Waals surface area (Å²) in [5.74, 6) is 0.259. The molecule has 1 heterocycles. The lowest BCUT2D eigenvalue weighted by atomic mass is 10.1. The molecule has 0 aromatic heterocycles. The molecule has 1 fully saturated rings. The van der Waals surface area contributed by atoms with Gasteiger partial charge in [-0.05, 0) is 75.0 Å². The molecular weight excluding hydrogens is 560 g/mol. The summed E-state index contributed by atoms with van der Waals surface area (Å²) in [6.07, 6.45) is 1.61. The number of amides is 3. The largest absolute Gasteiger partial charge is 0.487 e. The van der Waals surface area contributed by atoms with Gasteiger partial charge in [0.2, 0.25) is 0 Å². The van der Waals surface area contributed by atoms with Crippen molar-refractivity contribution in [3.05, 3.63) is 65.9 Å². The van der Waals surface area contributed by atoms with Gasteiger partial charge in [-0.25, -0.2) is 4.79 Å². The topological polar surface area (TPSA) is 91.2 Å². The third-order valence-corrected chi connectivity index (χ3v) is 5.16. The smallest absolute Gasteiger partial charge is 0.326 e. The highest BCUT2D eigenvalue weighted by atomic mass is 127. The Morgan fingerprint density at radius 2 is 1.81 bits per heavy atom. The van der Waals surface area contributed by atoms with Crippen LogP contribution in [0.15, 0.2) is 42.1 Å². The van der Waals surface area contributed by atoms with Crippen LogP contribution in [-0.2, 0) is 11.4 Å². The number of nitrogens with one attached hydrogen (secondary N) is 2. The third kappa shape index (κ3) is 4.16. The number of benzene rings is 2. The molecule has 130 valence electrons. The first-order valence-corrected chi connectivity index (χ1v) is 9.57. The minimum atomic E-state index is -0.526. The molecule has 1 saturated heterocycles. The van der Waals surface area contributed by atoms with Crippen molar-refractivity contribution in [1.82, 2.24) is 10.6 Å². The molecule has 2 aromatic carbocycles. The van der Waals surface area contributed by atoms with Crippen LogP contribution in [0.3, 0.4) is 0 Å². The molecule has 3 rings (SSSR count). The van der Waals surface area contributed by atoms with Crippen molar-refractivity contribution in [2.45, 2.75) is 6.61 Å². The second kappa shape index (κ2) is 8.05. The van der Waals surface area contributed by atoms with Gasteiger partial charge >= 0.3 is 6.03 Å². The van der Waals surface area contributed by atoms with E-state index in [0.717, 1.165) is 18.3 Å². The summed E-state index contributed by atoms with van der Waals surface area (Å²) >= 11 is 4.31. The first-order chi connectivity index (χ1) is 12.5. The van der Waals surface area contributed by atoms with E-state index in [0.29, 0.717) is 11.3 Å². The van der Waals surface area contributed by atoms with E-state index in [-0.39, 0.29) is 12.3 Å². The van der Waals surface area contributed by atoms with E-state index in [9.17, 15) is 9.59 Å². The number of hydrogen-bond donors (Lipinski definition) is 2. The molecule has 1 aliphatic rings. The van der Waals surface area contributed by atoms with Gasteiger partial charge in [-0.3, -0.25) is 10.1 Å². The van der Waals surface area contributed by atoms with Gasteiger partial charge in [0.05, 0.1) is 18.8 Å². The fourth-order valence-corrected chi connectivity index (χ4v) is 4.48. The average molecular weight is 571 g/mol. The predicted octanol–water partition coefficient (Wildman–Crippen LogP) is 3.53. The fraction of sp³-hybridized carbons (Fsp3) is 0.0556. The van der Waals surface area contributed by atoms with Gasteiger partial charge in [0.15, 0.2) is 0 Å². The van der Waals surface area contributed by atoms with Gasteiger partial charge in [0.25, 0.3) is 5.91 Å². The highest BCUT2D eigenvalue weighted by Gasteiger charge is 2.23. The Morgan fingerprint density at radius 3 is 2.42 bits per heavy atom. The number of nitrogens with zero attached hydrogens (tertiary/aromatic N) is 1. The van der Waals surface area contributed by atoms with Gasteiger partial charge in [-0.2, -0.15) is 5.26 Å². The van der Waals surface area contributed by atoms with Gasteiger partial charge in [-0.15, -0.1) is 0 Å². The minimum absolute atomic E-state index is 0.207. The number of nitriles is 1. The molecule has 2 N–H and O–H groups in total. The summed E-state index contributed by atoms with van der Waals surface area (Å²) in [7, 11) is 0. The molecule has 0 spiro atoms. The zero-order chi connectivity index (χ0) is 18.7. The number of urea groups is 1. The maximum Gasteiger partial charge on any atom is 0.326 e. The summed E-state index contributed by atoms with van der Waals surface area (Å²) in [5, 5.41) is 13.8. The SMILES string of the molecule is N#Cc1ccccc1COc1c(I)cc(C=C2NC(=O)NC2=O)cc1I. The van der Waals surface area contributed by atoms with E-state index in [1.54, 1.807) is 12.1 Å². The molecule has 8 heteroatoms. The van der Waals surface area contributed by atoms with E-state index < -0.39 is 11.9 Å². The van der Waals surface area contributed by atoms with E-state index in [1.807, 2.05) is 30.3 Å². The van der Waals surface area contributed by atoms with Gasteiger partial charge in [0, 0.05) is 5.56 Å². The van der Waals surface area contributed by atoms with E-state index in [1.165, 1.54) is 0 Å². The van der Waals surface area contributed by atoms with Crippen molar-refractivity contribution >= 4 is 63.2 Å². The maximum atomic E-state index is 11.6. The van der Waals surface area contributed by atoms with Crippen LogP contribution in [0.25, 0.3) is 6.08 Å². The Labute approximate surface area is 176 Å². The Bertz CT molecular complexity index is 957. The summed E-state index contributed by atoms with van der Waals surface area (Å²) in [6, 6.07) is 12.6. The molecule has 0 aliphatic carbocycles. The fourth-order valence-electron chi connectivity index (χ4n) is 2.35. The third-order valence-electron chi connectivity index (χ3n) is 3.56. The molecular formula is C18H11I2N3O3. The molecule has 0 saturated carbocycles. The number of carbonyl (C=O) groups is 2. The number of imide groups is 1. The maximum absolute atomic E-state index is 11.6. The van der Waals surface area contributed by atoms with Gasteiger partial charge in [-0.1, -0.05) is 18.2 Å². The molecule has 0 radical (unpaired) electrons. The lowest BCUT2D eigenvalue weighted by molar-refractivity contribution is -0.115. The summed E-state index contributed by atoms with van der Waals surface area (Å²) < 4.78 is 7.65. The standard InChI is InChI=1S/C18H11I2N3O3/c19-13-5-10(7-15-17(24)23-18(25)22-15)6-14(20)16(13)26-9-12-4-2-1-3-11(12)8-21/h1-7H,9H2,(H2,22,23,24,25). The number of hydrogen-bond acceptors (Lipinski definition) is 4. The van der Waals surface area contributed by atoms with Crippen LogP contribution in [0.4, 0.5) is 4.79 Å². The second-order valence-electron chi connectivity index (χ2n) is 5.34. The zero-order valence-electron chi connectivity index (χ0n) is 13.2. The monoisotopic (exact) mass is 571 g/mol. The molecule has 0 unspecified atom stereocenters. The van der Waals surface area contributed by atoms with Crippen LogP contribution >= 0.6 is 45.2 Å². The van der Waals surface area contributed by atoms with Crippen LogP contribution in [0, 0.1) is 18.5 Å². The zero-order valence-corrected chi connectivity index (χ0v) is 17.5. The highest BCUT2D eigenvalue weighted by molar-refractivity contribution is 14.1. The molecule has 26 heavy (non-hydrogen) atoms. The Kier molecular flexibility index (Phi) is 5.77. The van der Waals surface area contributed by atoms with Crippen molar-refractivity contribution in [3.63, 3.8) is 0 Å². The molecule has 2 aromatic rings. The number of rotatable bonds is 4. The summed E-state index contributed by atoms with van der Waals surface area (Å²) in [5.41, 5.74) is 2.38. The summed E-state index contributed by atoms with van der Waals surface area (Å²) in [6.45, 7) is 0.286. The van der Waals surface area contributed by atoms with Crippen molar-refractivity contribution in [2.75, 3.05) is 0 Å². The second-order valence-corrected chi connectivity index (χ2v) is 7.66. The summed E-state index contributed by atoms with van der Waals surface area (Å²) in [4.78, 5) is 22.8. The van der Waals surface area contributed by atoms with E-state index >= 15 is 0 Å². The molecule has 6 nitrogen and oxygen atoms in total. The van der Waals surface area contributed by atoms with Crippen LogP contribution in [-0.4, -0.2) is 11.9 Å². The number of halogens is 2. The van der Waals surface area contributed by atoms with Crippen LogP contribution in [0.2, 0.25) is 0 Å². The molecule has 1 aliphatic heterocycles. The first-order valence-electron chi connectivity index (χ1n) is 7.42. The quantitative estimate of drug-likeness (QED) is 0.334. The van der Waals surface area contributed by atoms with Crippen molar-refractivity contribution < 1.29 is 14.3 Å². The highest BCUT2D eigenvalue weighted by Crippen LogP contribution is 2.30. The minimum Gasteiger partial charge on any atom is -0.487 e. The van der Waals surface area contributed by atoms with Crippen LogP contribution < -0.4 is 15.4 Å². The first kappa shape index (κ1) is 18.7. The van der Waals surface area contributed by atoms with E-state index in [4.69, 9.17) is 10.00 Å². The number of carbonyl (C=O) groups excluding carboxylic acids is 2.